The van der Waals surface area contributed by atoms with Gasteiger partial charge < -0.3 is 14.6 Å². The van der Waals surface area contributed by atoms with E-state index in [4.69, 9.17) is 0 Å². The van der Waals surface area contributed by atoms with Crippen LogP contribution in [0.1, 0.15) is 6.92 Å². The predicted octanol–water partition coefficient (Wildman–Crippen LogP) is -0.0872. The second-order valence-electron chi connectivity index (χ2n) is 2.56. The van der Waals surface area contributed by atoms with Gasteiger partial charge in [0.25, 0.3) is 0 Å². The van der Waals surface area contributed by atoms with Crippen LogP contribution in [0.3, 0.4) is 0 Å². The van der Waals surface area contributed by atoms with E-state index in [9.17, 15) is 9.90 Å². The first-order chi connectivity index (χ1) is 7.24. The Morgan fingerprint density at radius 1 is 1.40 bits per heavy atom. The fraction of sp³-hybridized carbons (Fsp3) is 0.364. The third-order valence-electron chi connectivity index (χ3n) is 1.50. The zero-order chi connectivity index (χ0) is 11.1. The smallest absolute Gasteiger partial charge is 0.430 e. The largest absolute Gasteiger partial charge is 0.508 e. The van der Waals surface area contributed by atoms with Crippen molar-refractivity contribution in [1.29, 1.82) is 0 Å². The van der Waals surface area contributed by atoms with Crippen LogP contribution in [0.4, 0.5) is 4.79 Å². The minimum absolute atomic E-state index is 0.0108. The van der Waals surface area contributed by atoms with E-state index in [1.807, 2.05) is 0 Å². The van der Waals surface area contributed by atoms with Gasteiger partial charge in [-0.25, -0.2) is 4.79 Å². The summed E-state index contributed by atoms with van der Waals surface area (Å²) in [4.78, 5) is 10.5. The molecule has 1 saturated heterocycles. The van der Waals surface area contributed by atoms with Crippen molar-refractivity contribution in [3.63, 3.8) is 0 Å². The van der Waals surface area contributed by atoms with Gasteiger partial charge in [0.15, 0.2) is 12.2 Å². The van der Waals surface area contributed by atoms with Gasteiger partial charge in [-0.3, -0.25) is 0 Å². The summed E-state index contributed by atoms with van der Waals surface area (Å²) in [6.07, 6.45) is -2.60. The molecule has 0 aromatic carbocycles. The molecule has 1 aliphatic heterocycles. The molecule has 0 bridgehead atoms. The normalized spacial score (nSPS) is 19.1. The van der Waals surface area contributed by atoms with Gasteiger partial charge in [0, 0.05) is 0 Å². The fourth-order valence-corrected chi connectivity index (χ4v) is 0.825. The van der Waals surface area contributed by atoms with E-state index in [0.29, 0.717) is 0 Å². The van der Waals surface area contributed by atoms with Crippen molar-refractivity contribution in [2.24, 2.45) is 0 Å². The van der Waals surface area contributed by atoms with Gasteiger partial charge >= 0.3 is 6.16 Å². The van der Waals surface area contributed by atoms with Gasteiger partial charge in [-0.2, -0.15) is 0 Å². The molecule has 1 heterocycles. The molecule has 2 atom stereocenters. The zero-order valence-electron chi connectivity index (χ0n) is 8.03. The molecule has 1 aliphatic rings. The summed E-state index contributed by atoms with van der Waals surface area (Å²) < 4.78 is 9.10. The third kappa shape index (κ3) is 3.65. The summed E-state index contributed by atoms with van der Waals surface area (Å²) >= 11 is 0. The standard InChI is InChI=1S/C11H8O4/c1-2-3-4-5-6-7-9(12)10-8-14-11(13)15-10/h9-10,12H,8H2,1H3/t9-,10+/m1/s1. The Hall–Kier alpha value is -2.09. The summed E-state index contributed by atoms with van der Waals surface area (Å²) in [5.41, 5.74) is 0. The van der Waals surface area contributed by atoms with E-state index in [1.54, 1.807) is 6.92 Å². The van der Waals surface area contributed by atoms with Gasteiger partial charge in [-0.05, 0) is 30.6 Å². The molecule has 0 aromatic rings. The zero-order valence-corrected chi connectivity index (χ0v) is 8.03. The molecular formula is C11H8O4. The number of rotatable bonds is 1. The minimum Gasteiger partial charge on any atom is -0.430 e. The van der Waals surface area contributed by atoms with E-state index in [2.05, 4.69) is 45.0 Å². The SMILES string of the molecule is CC#CC#CC#C[C@@H](O)[C@@H]1COC(=O)O1. The van der Waals surface area contributed by atoms with Gasteiger partial charge in [-0.1, -0.05) is 11.8 Å². The second-order valence-corrected chi connectivity index (χ2v) is 2.56. The Kier molecular flexibility index (Phi) is 4.10. The fourth-order valence-electron chi connectivity index (χ4n) is 0.825. The summed E-state index contributed by atoms with van der Waals surface area (Å²) in [6, 6.07) is 0. The van der Waals surface area contributed by atoms with Crippen molar-refractivity contribution in [3.05, 3.63) is 0 Å². The monoisotopic (exact) mass is 204 g/mol. The average molecular weight is 204 g/mol. The molecule has 4 heteroatoms. The number of aliphatic hydroxyl groups is 1. The topological polar surface area (TPSA) is 55.8 Å². The van der Waals surface area contributed by atoms with Crippen LogP contribution in [-0.4, -0.2) is 30.1 Å². The summed E-state index contributed by atoms with van der Waals surface area (Å²) in [5.74, 6) is 14.8. The van der Waals surface area contributed by atoms with Crippen LogP contribution in [0.15, 0.2) is 0 Å². The van der Waals surface area contributed by atoms with E-state index in [-0.39, 0.29) is 6.61 Å². The number of hydrogen-bond donors (Lipinski definition) is 1. The Bertz CT molecular complexity index is 419. The van der Waals surface area contributed by atoms with Crippen LogP contribution in [0, 0.1) is 35.5 Å². The molecule has 1 fully saturated rings. The molecule has 1 rings (SSSR count). The quantitative estimate of drug-likeness (QED) is 0.479. The van der Waals surface area contributed by atoms with Crippen LogP contribution < -0.4 is 0 Å². The summed E-state index contributed by atoms with van der Waals surface area (Å²) in [5, 5.41) is 9.39. The van der Waals surface area contributed by atoms with Crippen molar-refractivity contribution in [1.82, 2.24) is 0 Å². The van der Waals surface area contributed by atoms with Crippen molar-refractivity contribution in [3.8, 4) is 35.5 Å². The highest BCUT2D eigenvalue weighted by Gasteiger charge is 2.30. The number of carbonyl (C=O) groups excluding carboxylic acids is 1. The van der Waals surface area contributed by atoms with Crippen LogP contribution in [0.25, 0.3) is 0 Å². The Morgan fingerprint density at radius 2 is 2.13 bits per heavy atom. The molecule has 0 radical (unpaired) electrons. The molecule has 0 saturated carbocycles. The van der Waals surface area contributed by atoms with Crippen molar-refractivity contribution in [2.75, 3.05) is 6.61 Å². The Labute approximate surface area is 87.6 Å². The van der Waals surface area contributed by atoms with Crippen molar-refractivity contribution in [2.45, 2.75) is 19.1 Å². The molecule has 4 nitrogen and oxygen atoms in total. The maximum absolute atomic E-state index is 10.5. The predicted molar refractivity (Wildman–Crippen MR) is 51.2 cm³/mol. The molecule has 0 aromatic heterocycles. The molecule has 0 amide bonds. The van der Waals surface area contributed by atoms with Gasteiger partial charge in [0.05, 0.1) is 0 Å². The van der Waals surface area contributed by atoms with E-state index >= 15 is 0 Å². The molecule has 0 spiro atoms. The van der Waals surface area contributed by atoms with Gasteiger partial charge in [-0.15, -0.1) is 0 Å². The molecule has 15 heavy (non-hydrogen) atoms. The van der Waals surface area contributed by atoms with E-state index in [0.717, 1.165) is 0 Å². The molecule has 76 valence electrons. The third-order valence-corrected chi connectivity index (χ3v) is 1.50. The van der Waals surface area contributed by atoms with Crippen LogP contribution in [-0.2, 0) is 9.47 Å². The molecular weight excluding hydrogens is 196 g/mol. The number of carbonyl (C=O) groups is 1. The van der Waals surface area contributed by atoms with Crippen molar-refractivity contribution >= 4 is 6.16 Å². The van der Waals surface area contributed by atoms with E-state index < -0.39 is 18.4 Å². The Morgan fingerprint density at radius 3 is 2.73 bits per heavy atom. The van der Waals surface area contributed by atoms with E-state index in [1.165, 1.54) is 0 Å². The lowest BCUT2D eigenvalue weighted by Crippen LogP contribution is -2.26. The first kappa shape index (κ1) is 11.0. The number of hydrogen-bond acceptors (Lipinski definition) is 4. The highest BCUT2D eigenvalue weighted by atomic mass is 16.8. The highest BCUT2D eigenvalue weighted by Crippen LogP contribution is 2.09. The summed E-state index contributed by atoms with van der Waals surface area (Å²) in [7, 11) is 0. The first-order valence-electron chi connectivity index (χ1n) is 4.18. The van der Waals surface area contributed by atoms with Crippen LogP contribution in [0.5, 0.6) is 0 Å². The Balaban J connectivity index is 2.47. The average Bonchev–Trinajstić information content (AvgIpc) is 2.64. The lowest BCUT2D eigenvalue weighted by Gasteiger charge is -2.06. The molecule has 0 unspecified atom stereocenters. The van der Waals surface area contributed by atoms with Crippen molar-refractivity contribution < 1.29 is 19.4 Å². The number of aliphatic hydroxyl groups excluding tert-OH is 1. The lowest BCUT2D eigenvalue weighted by molar-refractivity contribution is 0.0635. The van der Waals surface area contributed by atoms with Crippen LogP contribution in [0.2, 0.25) is 0 Å². The molecule has 1 N–H and O–H groups in total. The lowest BCUT2D eigenvalue weighted by atomic mass is 10.2. The molecule has 0 aliphatic carbocycles. The van der Waals surface area contributed by atoms with Gasteiger partial charge in [0.2, 0.25) is 0 Å². The van der Waals surface area contributed by atoms with Gasteiger partial charge in [0.1, 0.15) is 6.61 Å². The second kappa shape index (κ2) is 5.60. The first-order valence-corrected chi connectivity index (χ1v) is 4.18. The number of cyclic esters (lactones) is 2. The maximum Gasteiger partial charge on any atom is 0.508 e. The number of ether oxygens (including phenoxy) is 2. The minimum atomic E-state index is -1.08. The maximum atomic E-state index is 10.5. The highest BCUT2D eigenvalue weighted by molar-refractivity contribution is 5.62. The van der Waals surface area contributed by atoms with Crippen LogP contribution >= 0.6 is 0 Å². The summed E-state index contributed by atoms with van der Waals surface area (Å²) in [6.45, 7) is 1.67.